The minimum Gasteiger partial charge on any atom is -0.327 e. The largest absolute Gasteiger partial charge is 0.327 e. The van der Waals surface area contributed by atoms with Gasteiger partial charge in [0.05, 0.1) is 5.69 Å². The van der Waals surface area contributed by atoms with Gasteiger partial charge in [-0.3, -0.25) is 5.10 Å². The summed E-state index contributed by atoms with van der Waals surface area (Å²) in [5, 5.41) is 7.45. The number of rotatable bonds is 4. The Kier molecular flexibility index (Phi) is 3.82. The molecule has 1 unspecified atom stereocenters. The fourth-order valence-electron chi connectivity index (χ4n) is 2.16. The third-order valence-corrected chi connectivity index (χ3v) is 3.15. The molecule has 0 aliphatic carbocycles. The van der Waals surface area contributed by atoms with E-state index in [9.17, 15) is 0 Å². The summed E-state index contributed by atoms with van der Waals surface area (Å²) < 4.78 is 0. The number of aromatic amines is 1. The highest BCUT2D eigenvalue weighted by Crippen LogP contribution is 2.21. The fourth-order valence-corrected chi connectivity index (χ4v) is 2.16. The number of H-pyrrole nitrogens is 1. The molecular weight excluding hydrogens is 222 g/mol. The number of aromatic nitrogens is 2. The van der Waals surface area contributed by atoms with Crippen LogP contribution >= 0.6 is 0 Å². The van der Waals surface area contributed by atoms with E-state index in [0.29, 0.717) is 0 Å². The lowest BCUT2D eigenvalue weighted by molar-refractivity contribution is 0.635. The van der Waals surface area contributed by atoms with Crippen molar-refractivity contribution < 1.29 is 0 Å². The summed E-state index contributed by atoms with van der Waals surface area (Å²) in [6.45, 7) is 6.32. The summed E-state index contributed by atoms with van der Waals surface area (Å²) >= 11 is 0. The van der Waals surface area contributed by atoms with Crippen LogP contribution < -0.4 is 5.73 Å². The molecule has 1 atom stereocenters. The molecule has 3 nitrogen and oxygen atoms in total. The Labute approximate surface area is 108 Å². The maximum Gasteiger partial charge on any atom is 0.0923 e. The highest BCUT2D eigenvalue weighted by Gasteiger charge is 2.07. The molecular formula is C15H21N3. The van der Waals surface area contributed by atoms with Crippen LogP contribution in [0.2, 0.25) is 0 Å². The van der Waals surface area contributed by atoms with Gasteiger partial charge in [-0.2, -0.15) is 5.10 Å². The van der Waals surface area contributed by atoms with Gasteiger partial charge in [0.2, 0.25) is 0 Å². The monoisotopic (exact) mass is 243 g/mol. The molecule has 3 N–H and O–H groups in total. The molecule has 18 heavy (non-hydrogen) atoms. The smallest absolute Gasteiger partial charge is 0.0923 e. The van der Waals surface area contributed by atoms with Crippen molar-refractivity contribution in [1.82, 2.24) is 10.2 Å². The Hall–Kier alpha value is -1.61. The van der Waals surface area contributed by atoms with Gasteiger partial charge in [0.25, 0.3) is 0 Å². The molecule has 1 heterocycles. The van der Waals surface area contributed by atoms with Crippen LogP contribution in [-0.4, -0.2) is 16.2 Å². The number of benzene rings is 1. The third kappa shape index (κ3) is 2.99. The first-order chi connectivity index (χ1) is 8.58. The van der Waals surface area contributed by atoms with E-state index >= 15 is 0 Å². The topological polar surface area (TPSA) is 54.7 Å². The van der Waals surface area contributed by atoms with Crippen LogP contribution in [0.3, 0.4) is 0 Å². The molecule has 0 bridgehead atoms. The van der Waals surface area contributed by atoms with Gasteiger partial charge in [-0.1, -0.05) is 24.1 Å². The first-order valence-corrected chi connectivity index (χ1v) is 6.47. The van der Waals surface area contributed by atoms with E-state index in [1.165, 1.54) is 16.7 Å². The van der Waals surface area contributed by atoms with E-state index in [-0.39, 0.29) is 6.04 Å². The summed E-state index contributed by atoms with van der Waals surface area (Å²) in [5.74, 6) is 0. The van der Waals surface area contributed by atoms with Crippen LogP contribution in [0, 0.1) is 13.8 Å². The maximum absolute atomic E-state index is 5.95. The van der Waals surface area contributed by atoms with Crippen molar-refractivity contribution in [3.05, 3.63) is 41.1 Å². The second kappa shape index (κ2) is 5.36. The van der Waals surface area contributed by atoms with Crippen molar-refractivity contribution in [2.45, 2.75) is 39.7 Å². The molecule has 0 spiro atoms. The Morgan fingerprint density at radius 3 is 2.44 bits per heavy atom. The number of nitrogens with zero attached hydrogens (tertiary/aromatic N) is 1. The van der Waals surface area contributed by atoms with E-state index in [1.807, 2.05) is 0 Å². The van der Waals surface area contributed by atoms with Crippen LogP contribution in [0.5, 0.6) is 0 Å². The van der Waals surface area contributed by atoms with Crippen LogP contribution in [0.4, 0.5) is 0 Å². The van der Waals surface area contributed by atoms with E-state index in [0.717, 1.165) is 24.2 Å². The molecule has 0 saturated heterocycles. The first-order valence-electron chi connectivity index (χ1n) is 6.47. The number of hydrogen-bond donors (Lipinski definition) is 2. The molecule has 0 aliphatic heterocycles. The highest BCUT2D eigenvalue weighted by atomic mass is 15.1. The lowest BCUT2D eigenvalue weighted by atomic mass is 10.0. The van der Waals surface area contributed by atoms with Gasteiger partial charge >= 0.3 is 0 Å². The SMILES string of the molecule is CCC(N)Cc1cc(-c2cc(C)cc(C)c2)n[nH]1. The standard InChI is InChI=1S/C15H21N3/c1-4-13(16)8-14-9-15(18-17-14)12-6-10(2)5-11(3)7-12/h5-7,9,13H,4,8,16H2,1-3H3,(H,17,18). The van der Waals surface area contributed by atoms with Crippen LogP contribution in [0.25, 0.3) is 11.3 Å². The molecule has 3 heteroatoms. The van der Waals surface area contributed by atoms with E-state index in [4.69, 9.17) is 5.73 Å². The summed E-state index contributed by atoms with van der Waals surface area (Å²) in [7, 11) is 0. The maximum atomic E-state index is 5.95. The van der Waals surface area contributed by atoms with E-state index < -0.39 is 0 Å². The predicted octanol–water partition coefficient (Wildman–Crippen LogP) is 2.97. The van der Waals surface area contributed by atoms with Gasteiger partial charge in [-0.15, -0.1) is 0 Å². The number of aryl methyl sites for hydroxylation is 2. The molecule has 0 aliphatic rings. The van der Waals surface area contributed by atoms with Gasteiger partial charge in [0.15, 0.2) is 0 Å². The minimum atomic E-state index is 0.206. The van der Waals surface area contributed by atoms with E-state index in [1.54, 1.807) is 0 Å². The van der Waals surface area contributed by atoms with Gasteiger partial charge < -0.3 is 5.73 Å². The molecule has 0 saturated carbocycles. The van der Waals surface area contributed by atoms with Crippen molar-refractivity contribution in [3.63, 3.8) is 0 Å². The van der Waals surface area contributed by atoms with Crippen LogP contribution in [-0.2, 0) is 6.42 Å². The van der Waals surface area contributed by atoms with Gasteiger partial charge in [-0.25, -0.2) is 0 Å². The summed E-state index contributed by atoms with van der Waals surface area (Å²) in [5.41, 5.74) is 11.8. The molecule has 2 aromatic rings. The lowest BCUT2D eigenvalue weighted by Gasteiger charge is -2.05. The lowest BCUT2D eigenvalue weighted by Crippen LogP contribution is -2.21. The van der Waals surface area contributed by atoms with Gasteiger partial charge in [0.1, 0.15) is 0 Å². The van der Waals surface area contributed by atoms with Crippen molar-refractivity contribution in [2.75, 3.05) is 0 Å². The van der Waals surface area contributed by atoms with Gasteiger partial charge in [0, 0.05) is 23.7 Å². The first kappa shape index (κ1) is 12.8. The molecule has 1 aromatic heterocycles. The minimum absolute atomic E-state index is 0.206. The van der Waals surface area contributed by atoms with Crippen LogP contribution in [0.15, 0.2) is 24.3 Å². The zero-order valence-electron chi connectivity index (χ0n) is 11.3. The molecule has 0 amide bonds. The Balaban J connectivity index is 2.23. The zero-order valence-corrected chi connectivity index (χ0v) is 11.3. The number of nitrogens with two attached hydrogens (primary N) is 1. The molecule has 0 fully saturated rings. The molecule has 2 rings (SSSR count). The van der Waals surface area contributed by atoms with Crippen LogP contribution in [0.1, 0.15) is 30.2 Å². The second-order valence-corrected chi connectivity index (χ2v) is 5.03. The predicted molar refractivity (Wildman–Crippen MR) is 75.5 cm³/mol. The number of nitrogens with one attached hydrogen (secondary N) is 1. The highest BCUT2D eigenvalue weighted by molar-refractivity contribution is 5.61. The van der Waals surface area contributed by atoms with Crippen molar-refractivity contribution in [1.29, 1.82) is 0 Å². The normalized spacial score (nSPS) is 12.7. The third-order valence-electron chi connectivity index (χ3n) is 3.15. The Morgan fingerprint density at radius 2 is 1.83 bits per heavy atom. The van der Waals surface area contributed by atoms with Crippen molar-refractivity contribution >= 4 is 0 Å². The second-order valence-electron chi connectivity index (χ2n) is 5.03. The summed E-state index contributed by atoms with van der Waals surface area (Å²) in [6, 6.07) is 8.80. The van der Waals surface area contributed by atoms with E-state index in [2.05, 4.69) is 55.2 Å². The average Bonchev–Trinajstić information content (AvgIpc) is 2.76. The summed E-state index contributed by atoms with van der Waals surface area (Å²) in [4.78, 5) is 0. The molecule has 96 valence electrons. The van der Waals surface area contributed by atoms with Crippen molar-refractivity contribution in [3.8, 4) is 11.3 Å². The number of hydrogen-bond acceptors (Lipinski definition) is 2. The van der Waals surface area contributed by atoms with Gasteiger partial charge in [-0.05, 0) is 38.5 Å². The fraction of sp³-hybridized carbons (Fsp3) is 0.400. The summed E-state index contributed by atoms with van der Waals surface area (Å²) in [6.07, 6.45) is 1.84. The Morgan fingerprint density at radius 1 is 1.17 bits per heavy atom. The molecule has 0 radical (unpaired) electrons. The van der Waals surface area contributed by atoms with Crippen molar-refractivity contribution in [2.24, 2.45) is 5.73 Å². The zero-order chi connectivity index (χ0) is 13.1. The average molecular weight is 243 g/mol. The molecule has 1 aromatic carbocycles. The quantitative estimate of drug-likeness (QED) is 0.867. The Bertz CT molecular complexity index is 508.